The summed E-state index contributed by atoms with van der Waals surface area (Å²) in [5.74, 6) is 0.469. The van der Waals surface area contributed by atoms with E-state index in [-0.39, 0.29) is 5.91 Å². The van der Waals surface area contributed by atoms with Gasteiger partial charge in [0.05, 0.1) is 11.8 Å². The highest BCUT2D eigenvalue weighted by Crippen LogP contribution is 2.19. The van der Waals surface area contributed by atoms with Gasteiger partial charge in [-0.15, -0.1) is 0 Å². The maximum absolute atomic E-state index is 12.1. The standard InChI is InChI=1S/C15H14N4O/c1-19-15-12(8-5-9-16-15)14(18-19)17-13(20)10-11-6-3-2-4-7-11/h2-9H,10H2,1H3,(H,17,18,20). The molecule has 0 saturated heterocycles. The van der Waals surface area contributed by atoms with Crippen LogP contribution in [0.5, 0.6) is 0 Å². The van der Waals surface area contributed by atoms with Crippen LogP contribution in [0.25, 0.3) is 11.0 Å². The molecule has 0 atom stereocenters. The summed E-state index contributed by atoms with van der Waals surface area (Å²) in [5, 5.41) is 7.98. The van der Waals surface area contributed by atoms with Gasteiger partial charge in [0.15, 0.2) is 11.5 Å². The van der Waals surface area contributed by atoms with Crippen LogP contribution in [0.1, 0.15) is 5.56 Å². The third-order valence-corrected chi connectivity index (χ3v) is 3.06. The van der Waals surface area contributed by atoms with Crippen LogP contribution in [-0.2, 0) is 18.3 Å². The molecule has 0 spiro atoms. The Balaban J connectivity index is 1.81. The van der Waals surface area contributed by atoms with Crippen LogP contribution >= 0.6 is 0 Å². The van der Waals surface area contributed by atoms with E-state index in [2.05, 4.69) is 15.4 Å². The van der Waals surface area contributed by atoms with Crippen LogP contribution in [0.4, 0.5) is 5.82 Å². The van der Waals surface area contributed by atoms with Crippen molar-refractivity contribution in [1.82, 2.24) is 14.8 Å². The summed E-state index contributed by atoms with van der Waals surface area (Å²) in [6.45, 7) is 0. The molecule has 1 N–H and O–H groups in total. The van der Waals surface area contributed by atoms with Crippen molar-refractivity contribution >= 4 is 22.8 Å². The molecule has 0 saturated carbocycles. The molecule has 20 heavy (non-hydrogen) atoms. The predicted octanol–water partition coefficient (Wildman–Crippen LogP) is 2.15. The summed E-state index contributed by atoms with van der Waals surface area (Å²) in [6, 6.07) is 13.4. The Labute approximate surface area is 116 Å². The van der Waals surface area contributed by atoms with Gasteiger partial charge in [-0.05, 0) is 17.7 Å². The summed E-state index contributed by atoms with van der Waals surface area (Å²) in [7, 11) is 1.81. The number of anilines is 1. The molecule has 5 nitrogen and oxygen atoms in total. The molecule has 1 aromatic carbocycles. The fraction of sp³-hybridized carbons (Fsp3) is 0.133. The summed E-state index contributed by atoms with van der Waals surface area (Å²) in [6.07, 6.45) is 2.04. The fourth-order valence-electron chi connectivity index (χ4n) is 2.14. The predicted molar refractivity (Wildman–Crippen MR) is 77.3 cm³/mol. The largest absolute Gasteiger partial charge is 0.308 e. The zero-order valence-corrected chi connectivity index (χ0v) is 11.1. The zero-order valence-electron chi connectivity index (χ0n) is 11.1. The topological polar surface area (TPSA) is 59.8 Å². The number of aromatic nitrogens is 3. The number of nitrogens with one attached hydrogen (secondary N) is 1. The van der Waals surface area contributed by atoms with E-state index < -0.39 is 0 Å². The number of fused-ring (bicyclic) bond motifs is 1. The number of hydrogen-bond donors (Lipinski definition) is 1. The SMILES string of the molecule is Cn1nc(NC(=O)Cc2ccccc2)c2cccnc21. The number of carbonyl (C=O) groups excluding carboxylic acids is 1. The second kappa shape index (κ2) is 5.13. The average molecular weight is 266 g/mol. The number of pyridine rings is 1. The van der Waals surface area contributed by atoms with Gasteiger partial charge >= 0.3 is 0 Å². The van der Waals surface area contributed by atoms with E-state index in [1.807, 2.05) is 49.5 Å². The highest BCUT2D eigenvalue weighted by molar-refractivity contribution is 5.99. The zero-order chi connectivity index (χ0) is 13.9. The minimum atomic E-state index is -0.0833. The molecule has 0 aliphatic carbocycles. The number of rotatable bonds is 3. The number of carbonyl (C=O) groups is 1. The molecule has 100 valence electrons. The molecule has 3 rings (SSSR count). The molecule has 2 aromatic heterocycles. The molecule has 5 heteroatoms. The van der Waals surface area contributed by atoms with Crippen LogP contribution in [0.2, 0.25) is 0 Å². The van der Waals surface area contributed by atoms with Crippen LogP contribution < -0.4 is 5.32 Å². The molecular weight excluding hydrogens is 252 g/mol. The third-order valence-electron chi connectivity index (χ3n) is 3.06. The van der Waals surface area contributed by atoms with Gasteiger partial charge < -0.3 is 5.32 Å². The summed E-state index contributed by atoms with van der Waals surface area (Å²) in [4.78, 5) is 16.3. The molecule has 0 bridgehead atoms. The van der Waals surface area contributed by atoms with E-state index in [9.17, 15) is 4.79 Å². The van der Waals surface area contributed by atoms with Crippen LogP contribution in [0.15, 0.2) is 48.7 Å². The highest BCUT2D eigenvalue weighted by atomic mass is 16.1. The summed E-state index contributed by atoms with van der Waals surface area (Å²) >= 11 is 0. The number of amides is 1. The van der Waals surface area contributed by atoms with E-state index >= 15 is 0 Å². The lowest BCUT2D eigenvalue weighted by Crippen LogP contribution is -2.15. The Hall–Kier alpha value is -2.69. The van der Waals surface area contributed by atoms with E-state index in [1.54, 1.807) is 10.9 Å². The van der Waals surface area contributed by atoms with Gasteiger partial charge in [-0.25, -0.2) is 9.67 Å². The molecule has 3 aromatic rings. The van der Waals surface area contributed by atoms with Gasteiger partial charge in [0.2, 0.25) is 5.91 Å². The first-order chi connectivity index (χ1) is 9.74. The summed E-state index contributed by atoms with van der Waals surface area (Å²) in [5.41, 5.74) is 1.73. The van der Waals surface area contributed by atoms with Crippen LogP contribution in [-0.4, -0.2) is 20.7 Å². The van der Waals surface area contributed by atoms with Gasteiger partial charge in [-0.1, -0.05) is 30.3 Å². The van der Waals surface area contributed by atoms with Crippen LogP contribution in [0, 0.1) is 0 Å². The first-order valence-corrected chi connectivity index (χ1v) is 6.35. The Morgan fingerprint density at radius 2 is 2.00 bits per heavy atom. The fourth-order valence-corrected chi connectivity index (χ4v) is 2.14. The second-order valence-corrected chi connectivity index (χ2v) is 4.56. The third kappa shape index (κ3) is 2.38. The quantitative estimate of drug-likeness (QED) is 0.790. The van der Waals surface area contributed by atoms with Crippen molar-refractivity contribution in [3.8, 4) is 0 Å². The number of benzene rings is 1. The monoisotopic (exact) mass is 266 g/mol. The molecule has 0 fully saturated rings. The van der Waals surface area contributed by atoms with Gasteiger partial charge in [0, 0.05) is 13.2 Å². The Morgan fingerprint density at radius 1 is 1.20 bits per heavy atom. The van der Waals surface area contributed by atoms with Crippen molar-refractivity contribution in [2.45, 2.75) is 6.42 Å². The minimum Gasteiger partial charge on any atom is -0.308 e. The minimum absolute atomic E-state index is 0.0833. The first-order valence-electron chi connectivity index (χ1n) is 6.35. The Kier molecular flexibility index (Phi) is 3.16. The molecule has 0 aliphatic rings. The number of aryl methyl sites for hydroxylation is 1. The van der Waals surface area contributed by atoms with Gasteiger partial charge in [0.25, 0.3) is 0 Å². The van der Waals surface area contributed by atoms with E-state index in [0.717, 1.165) is 16.6 Å². The van der Waals surface area contributed by atoms with Crippen molar-refractivity contribution in [3.05, 3.63) is 54.2 Å². The lowest BCUT2D eigenvalue weighted by Gasteiger charge is -2.02. The summed E-state index contributed by atoms with van der Waals surface area (Å²) < 4.78 is 1.66. The normalized spacial score (nSPS) is 10.7. The average Bonchev–Trinajstić information content (AvgIpc) is 2.77. The lowest BCUT2D eigenvalue weighted by atomic mass is 10.1. The smallest absolute Gasteiger partial charge is 0.230 e. The van der Waals surface area contributed by atoms with Gasteiger partial charge in [-0.3, -0.25) is 4.79 Å². The number of hydrogen-bond acceptors (Lipinski definition) is 3. The molecule has 2 heterocycles. The molecule has 0 aliphatic heterocycles. The first kappa shape index (κ1) is 12.3. The van der Waals surface area contributed by atoms with Gasteiger partial charge in [0.1, 0.15) is 0 Å². The molecule has 0 unspecified atom stereocenters. The van der Waals surface area contributed by atoms with Crippen molar-refractivity contribution < 1.29 is 4.79 Å². The van der Waals surface area contributed by atoms with Crippen LogP contribution in [0.3, 0.4) is 0 Å². The van der Waals surface area contributed by atoms with Crippen molar-refractivity contribution in [3.63, 3.8) is 0 Å². The van der Waals surface area contributed by atoms with Crippen molar-refractivity contribution in [1.29, 1.82) is 0 Å². The Bertz CT molecular complexity index is 749. The highest BCUT2D eigenvalue weighted by Gasteiger charge is 2.12. The molecule has 0 radical (unpaired) electrons. The van der Waals surface area contributed by atoms with Gasteiger partial charge in [-0.2, -0.15) is 5.10 Å². The molecular formula is C15H14N4O. The van der Waals surface area contributed by atoms with E-state index in [4.69, 9.17) is 0 Å². The number of nitrogens with zero attached hydrogens (tertiary/aromatic N) is 3. The van der Waals surface area contributed by atoms with E-state index in [1.165, 1.54) is 0 Å². The maximum Gasteiger partial charge on any atom is 0.230 e. The molecule has 1 amide bonds. The Morgan fingerprint density at radius 3 is 2.80 bits per heavy atom. The van der Waals surface area contributed by atoms with Crippen molar-refractivity contribution in [2.75, 3.05) is 5.32 Å². The second-order valence-electron chi connectivity index (χ2n) is 4.56. The lowest BCUT2D eigenvalue weighted by molar-refractivity contribution is -0.115. The maximum atomic E-state index is 12.1. The van der Waals surface area contributed by atoms with E-state index in [0.29, 0.717) is 12.2 Å². The van der Waals surface area contributed by atoms with Crippen molar-refractivity contribution in [2.24, 2.45) is 7.05 Å².